The Hall–Kier alpha value is -8.97. The third-order valence-corrected chi connectivity index (χ3v) is 6.15. The third-order valence-electron chi connectivity index (χ3n) is 6.15. The van der Waals surface area contributed by atoms with Crippen LogP contribution in [0.15, 0.2) is 59.1 Å². The number of terminal acetylenes is 2. The topological polar surface area (TPSA) is 203 Å². The number of hydrogen-bond donors (Lipinski definition) is 5. The van der Waals surface area contributed by atoms with Crippen LogP contribution in [0.2, 0.25) is 0 Å². The summed E-state index contributed by atoms with van der Waals surface area (Å²) >= 11 is 0. The summed E-state index contributed by atoms with van der Waals surface area (Å²) in [5.74, 6) is 52.9. The van der Waals surface area contributed by atoms with Gasteiger partial charge in [-0.3, -0.25) is 15.4 Å². The number of nitrogens with zero attached hydrogens (tertiary/aromatic N) is 4. The molecule has 2 aromatic rings. The Kier molecular flexibility index (Phi) is 28.6. The average molecular weight is 796 g/mol. The van der Waals surface area contributed by atoms with Crippen molar-refractivity contribution in [3.8, 4) is 131 Å². The smallest absolute Gasteiger partial charge is 0.237 e. The summed E-state index contributed by atoms with van der Waals surface area (Å²) in [5.41, 5.74) is 9.18. The summed E-state index contributed by atoms with van der Waals surface area (Å²) in [6.07, 6.45) is 13.8. The number of nitrogens with two attached hydrogens (primary N) is 2. The number of amides is 1. The molecule has 0 saturated heterocycles. The molecule has 13 heteroatoms. The number of aromatic nitrogens is 1. The lowest BCUT2D eigenvalue weighted by Gasteiger charge is -2.23. The minimum Gasteiger partial charge on any atom is -0.384 e. The third kappa shape index (κ3) is 29.6. The number of nitro groups is 1. The Morgan fingerprint density at radius 2 is 1.28 bits per heavy atom. The summed E-state index contributed by atoms with van der Waals surface area (Å²) < 4.78 is 0. The van der Waals surface area contributed by atoms with E-state index in [1.807, 2.05) is 38.1 Å². The van der Waals surface area contributed by atoms with Crippen molar-refractivity contribution in [1.29, 1.82) is 0 Å². The van der Waals surface area contributed by atoms with Crippen molar-refractivity contribution in [3.05, 3.63) is 69.9 Å². The molecule has 2 rings (SSSR count). The van der Waals surface area contributed by atoms with Gasteiger partial charge in [-0.1, -0.05) is 44.2 Å². The highest BCUT2D eigenvalue weighted by molar-refractivity contribution is 5.90. The number of Topliss-reactive ketones (excluding diaryl/α,β-unsaturated/α-hetero) is 1. The first kappa shape index (κ1) is 49.0. The second-order valence-corrected chi connectivity index (χ2v) is 10.8. The number of nitrogen functional groups attached to an aromatic ring is 1. The molecule has 1 heterocycles. The number of benzene rings is 1. The van der Waals surface area contributed by atoms with E-state index in [-0.39, 0.29) is 43.7 Å². The van der Waals surface area contributed by atoms with Gasteiger partial charge in [0.2, 0.25) is 5.91 Å². The van der Waals surface area contributed by atoms with Crippen LogP contribution in [0.3, 0.4) is 0 Å². The first-order chi connectivity index (χ1) is 28.0. The van der Waals surface area contributed by atoms with Crippen LogP contribution in [0.4, 0.5) is 5.82 Å². The monoisotopic (exact) mass is 796 g/mol. The summed E-state index contributed by atoms with van der Waals surface area (Å²) in [5, 5.41) is 19.7. The van der Waals surface area contributed by atoms with Crippen molar-refractivity contribution >= 4 is 17.5 Å². The van der Waals surface area contributed by atoms with E-state index >= 15 is 0 Å². The molecule has 58 heavy (non-hydrogen) atoms. The Morgan fingerprint density at radius 1 is 0.793 bits per heavy atom. The highest BCUT2D eigenvalue weighted by Crippen LogP contribution is 2.09. The summed E-state index contributed by atoms with van der Waals surface area (Å²) in [6.45, 7) is 5.76. The fourth-order valence-electron chi connectivity index (χ4n) is 3.81. The lowest BCUT2D eigenvalue weighted by atomic mass is 10.0. The Bertz CT molecular complexity index is 2370. The number of anilines is 1. The first-order valence-corrected chi connectivity index (χ1v) is 16.8. The van der Waals surface area contributed by atoms with Crippen LogP contribution in [0, 0.1) is 141 Å². The first-order valence-electron chi connectivity index (χ1n) is 16.8. The van der Waals surface area contributed by atoms with Crippen LogP contribution in [-0.2, 0) is 22.4 Å². The van der Waals surface area contributed by atoms with Crippen LogP contribution >= 0.6 is 0 Å². The Labute approximate surface area is 361 Å². The SMILES string of the molecule is C#CC#CC#CC#CC#CC#CC#CC#CC#CC#CC#C.CC(C)N[C@H](CCc1ccccc1)C(=O)N[C@@H](C)C(=O)CCc1ccnc(N)c1.NN=NN[N+](=O)[O-].[HH].[HH].[HH].[HH].[HH].[HH].[HH].[HH].[HH].[HH].[HH].[HH].[HH].[HH]. The highest BCUT2D eigenvalue weighted by Gasteiger charge is 2.23. The van der Waals surface area contributed by atoms with Gasteiger partial charge in [-0.2, -0.15) is 0 Å². The number of carbonyl (C=O) groups excluding carboxylic acids is 2. The maximum Gasteiger partial charge on any atom is 0.237 e. The van der Waals surface area contributed by atoms with E-state index in [0.717, 1.165) is 12.0 Å². The van der Waals surface area contributed by atoms with Gasteiger partial charge in [0.25, 0.3) is 0 Å². The molecule has 0 aliphatic heterocycles. The zero-order valence-corrected chi connectivity index (χ0v) is 31.9. The van der Waals surface area contributed by atoms with E-state index in [0.29, 0.717) is 25.1 Å². The van der Waals surface area contributed by atoms with Crippen LogP contribution < -0.4 is 27.7 Å². The van der Waals surface area contributed by atoms with Crippen LogP contribution in [0.25, 0.3) is 0 Å². The Balaban J connectivity index is -0.0000000531. The van der Waals surface area contributed by atoms with E-state index in [1.54, 1.807) is 19.2 Å². The van der Waals surface area contributed by atoms with Gasteiger partial charge >= 0.3 is 0 Å². The quantitative estimate of drug-likeness (QED) is 0.0578. The number of ketones is 1. The molecule has 0 radical (unpaired) electrons. The molecule has 7 N–H and O–H groups in total. The molecule has 0 aliphatic carbocycles. The lowest BCUT2D eigenvalue weighted by molar-refractivity contribution is -0.546. The minimum atomic E-state index is -0.879. The van der Waals surface area contributed by atoms with Crippen LogP contribution in [-0.4, -0.2) is 39.8 Å². The molecule has 1 aromatic carbocycles. The van der Waals surface area contributed by atoms with Crippen molar-refractivity contribution in [2.24, 2.45) is 16.3 Å². The van der Waals surface area contributed by atoms with E-state index in [9.17, 15) is 19.7 Å². The molecule has 314 valence electrons. The molecule has 0 spiro atoms. The van der Waals surface area contributed by atoms with Crippen molar-refractivity contribution in [1.82, 2.24) is 21.2 Å². The molecule has 2 atom stereocenters. The highest BCUT2D eigenvalue weighted by atomic mass is 16.7. The fourth-order valence-corrected chi connectivity index (χ4v) is 3.81. The normalized spacial score (nSPS) is 9.07. The fraction of sp³-hybridized carbons (Fsp3) is 0.222. The molecule has 0 fully saturated rings. The van der Waals surface area contributed by atoms with E-state index < -0.39 is 11.1 Å². The molecule has 0 bridgehead atoms. The van der Waals surface area contributed by atoms with Crippen LogP contribution in [0.5, 0.6) is 0 Å². The van der Waals surface area contributed by atoms with Gasteiger partial charge in [0.1, 0.15) is 5.82 Å². The van der Waals surface area contributed by atoms with Gasteiger partial charge in [-0.25, -0.2) is 4.98 Å². The molecule has 1 amide bonds. The lowest BCUT2D eigenvalue weighted by Crippen LogP contribution is -2.51. The van der Waals surface area contributed by atoms with Crippen molar-refractivity contribution < 1.29 is 34.6 Å². The standard InChI is InChI=1S/C23H32N4O2.C22H2.H3N5O2.14H2/c1-16(2)26-20(11-9-18-7-5-4-6-8-18)23(29)27-17(3)21(28)12-10-19-13-14-25-22(24)15-19;1-3-5-7-9-11-13-15-17-19-21-22-20-18-16-14-12-10-8-6-4-2;1-2-3-4-5(6)7;;;;;;;;;;;;;;/h4-8,13-17,20,26H,9-12H2,1-3H3,(H2,24,25)(H,27,29);1-2H;(H2,1,3)(H,2,4);14*1H/t17-,20+;;;;;;;;;;;;;;;;/m0................/s1. The van der Waals surface area contributed by atoms with Gasteiger partial charge in [-0.15, -0.1) is 12.8 Å². The predicted octanol–water partition coefficient (Wildman–Crippen LogP) is 5.41. The number of aryl methyl sites for hydroxylation is 2. The van der Waals surface area contributed by atoms with E-state index in [4.69, 9.17) is 18.6 Å². The maximum atomic E-state index is 12.8. The molecule has 13 nitrogen and oxygen atoms in total. The van der Waals surface area contributed by atoms with E-state index in [1.165, 1.54) is 11.1 Å². The summed E-state index contributed by atoms with van der Waals surface area (Å²) in [6, 6.07) is 13.0. The maximum absolute atomic E-state index is 12.8. The number of nitrogens with one attached hydrogen (secondary N) is 3. The number of pyridine rings is 1. The summed E-state index contributed by atoms with van der Waals surface area (Å²) in [7, 11) is 0. The predicted molar refractivity (Wildman–Crippen MR) is 253 cm³/mol. The average Bonchev–Trinajstić information content (AvgIpc) is 3.21. The van der Waals surface area contributed by atoms with Crippen molar-refractivity contribution in [3.63, 3.8) is 0 Å². The molecular formula is C45H65N9O4. The number of hydrazine groups is 1. The molecule has 1 aromatic heterocycles. The van der Waals surface area contributed by atoms with Crippen LogP contribution in [0.1, 0.15) is 64.7 Å². The minimum absolute atomic E-state index is 0. The van der Waals surface area contributed by atoms with Gasteiger partial charge in [-0.05, 0) is 144 Å². The number of carbonyl (C=O) groups is 2. The molecular weight excluding hydrogens is 731 g/mol. The van der Waals surface area contributed by atoms with Gasteiger partial charge in [0.05, 0.1) is 22.3 Å². The Morgan fingerprint density at radius 3 is 1.67 bits per heavy atom. The van der Waals surface area contributed by atoms with Crippen molar-refractivity contribution in [2.75, 3.05) is 5.73 Å². The van der Waals surface area contributed by atoms with Gasteiger partial charge in [0, 0.05) is 67.8 Å². The number of hydrogen-bond acceptors (Lipinski definition) is 9. The van der Waals surface area contributed by atoms with Gasteiger partial charge in [0.15, 0.2) is 11.0 Å². The number of rotatable bonds is 13. The second kappa shape index (κ2) is 33.8. The van der Waals surface area contributed by atoms with E-state index in [2.05, 4.69) is 162 Å². The zero-order valence-electron chi connectivity index (χ0n) is 31.9. The summed E-state index contributed by atoms with van der Waals surface area (Å²) in [4.78, 5) is 38.5. The van der Waals surface area contributed by atoms with Crippen molar-refractivity contribution in [2.45, 2.75) is 64.6 Å². The van der Waals surface area contributed by atoms with Gasteiger partial charge < -0.3 is 26.5 Å². The molecule has 0 unspecified atom stereocenters. The largest absolute Gasteiger partial charge is 0.384 e. The second-order valence-electron chi connectivity index (χ2n) is 10.8. The molecule has 0 aliphatic rings. The zero-order chi connectivity index (χ0) is 43.1. The molecule has 0 saturated carbocycles.